The third-order valence-corrected chi connectivity index (χ3v) is 5.46. The molecule has 1 saturated carbocycles. The van der Waals surface area contributed by atoms with E-state index in [1.165, 1.54) is 0 Å². The highest BCUT2D eigenvalue weighted by molar-refractivity contribution is 5.89. The lowest BCUT2D eigenvalue weighted by atomic mass is 9.79. The van der Waals surface area contributed by atoms with Gasteiger partial charge in [0, 0.05) is 11.1 Å². The Hall–Kier alpha value is -3.02. The first-order valence-corrected chi connectivity index (χ1v) is 9.40. The predicted molar refractivity (Wildman–Crippen MR) is 102 cm³/mol. The first-order valence-electron chi connectivity index (χ1n) is 9.40. The third-order valence-electron chi connectivity index (χ3n) is 5.46. The number of fused-ring (bicyclic) bond motifs is 4. The van der Waals surface area contributed by atoms with E-state index in [0.717, 1.165) is 12.8 Å². The minimum Gasteiger partial charge on any atom is -0.497 e. The summed E-state index contributed by atoms with van der Waals surface area (Å²) < 4.78 is 22.2. The number of carbonyl (C=O) groups is 2. The maximum Gasteiger partial charge on any atom is 0.315 e. The maximum atomic E-state index is 12.9. The van der Waals surface area contributed by atoms with Gasteiger partial charge in [-0.15, -0.1) is 0 Å². The molecule has 6 nitrogen and oxygen atoms in total. The third kappa shape index (κ3) is 3.30. The summed E-state index contributed by atoms with van der Waals surface area (Å²) in [6.45, 7) is 0. The summed E-state index contributed by atoms with van der Waals surface area (Å²) in [5, 5.41) is 0. The van der Waals surface area contributed by atoms with Crippen LogP contribution in [0.15, 0.2) is 36.4 Å². The van der Waals surface area contributed by atoms with Crippen molar-refractivity contribution in [3.05, 3.63) is 36.4 Å². The van der Waals surface area contributed by atoms with E-state index >= 15 is 0 Å². The molecule has 4 rings (SSSR count). The van der Waals surface area contributed by atoms with Crippen LogP contribution in [0.1, 0.15) is 25.7 Å². The molecular weight excluding hydrogens is 360 g/mol. The molecule has 146 valence electrons. The molecule has 0 unspecified atom stereocenters. The summed E-state index contributed by atoms with van der Waals surface area (Å²) in [6.07, 6.45) is 3.04. The van der Waals surface area contributed by atoms with Gasteiger partial charge in [-0.25, -0.2) is 0 Å². The molecule has 0 amide bonds. The Morgan fingerprint density at radius 3 is 1.57 bits per heavy atom. The molecule has 0 N–H and O–H groups in total. The minimum atomic E-state index is -0.490. The van der Waals surface area contributed by atoms with Crippen LogP contribution >= 0.6 is 0 Å². The average Bonchev–Trinajstić information content (AvgIpc) is 2.73. The van der Waals surface area contributed by atoms with Gasteiger partial charge < -0.3 is 18.9 Å². The fraction of sp³-hybridized carbons (Fsp3) is 0.364. The molecule has 1 aliphatic heterocycles. The second-order valence-corrected chi connectivity index (χ2v) is 7.06. The average molecular weight is 382 g/mol. The van der Waals surface area contributed by atoms with Gasteiger partial charge in [-0.3, -0.25) is 9.59 Å². The Balaban J connectivity index is 1.90. The summed E-state index contributed by atoms with van der Waals surface area (Å²) in [6, 6.07) is 10.4. The summed E-state index contributed by atoms with van der Waals surface area (Å²) in [5.74, 6) is 0.251. The topological polar surface area (TPSA) is 71.1 Å². The van der Waals surface area contributed by atoms with E-state index in [-0.39, 0.29) is 11.9 Å². The molecule has 1 aliphatic carbocycles. The molecule has 2 atom stereocenters. The van der Waals surface area contributed by atoms with Crippen molar-refractivity contribution in [2.24, 2.45) is 11.8 Å². The zero-order valence-electron chi connectivity index (χ0n) is 15.9. The molecule has 0 bridgehead atoms. The molecule has 6 heteroatoms. The Morgan fingerprint density at radius 2 is 1.18 bits per heavy atom. The monoisotopic (exact) mass is 382 g/mol. The van der Waals surface area contributed by atoms with Crippen LogP contribution in [0.3, 0.4) is 0 Å². The van der Waals surface area contributed by atoms with Gasteiger partial charge in [0.2, 0.25) is 0 Å². The molecule has 0 radical (unpaired) electrons. The zero-order chi connectivity index (χ0) is 19.7. The Kier molecular flexibility index (Phi) is 4.94. The lowest BCUT2D eigenvalue weighted by Crippen LogP contribution is -2.37. The van der Waals surface area contributed by atoms with Gasteiger partial charge in [-0.1, -0.05) is 12.8 Å². The van der Waals surface area contributed by atoms with Crippen molar-refractivity contribution in [2.45, 2.75) is 25.7 Å². The summed E-state index contributed by atoms with van der Waals surface area (Å²) in [4.78, 5) is 25.8. The molecule has 1 fully saturated rings. The first-order chi connectivity index (χ1) is 13.6. The number of methoxy groups -OCH3 is 2. The van der Waals surface area contributed by atoms with Gasteiger partial charge in [0.25, 0.3) is 0 Å². The molecule has 2 aromatic rings. The number of carbonyl (C=O) groups excluding carboxylic acids is 2. The second kappa shape index (κ2) is 7.54. The van der Waals surface area contributed by atoms with Gasteiger partial charge in [0.15, 0.2) is 0 Å². The van der Waals surface area contributed by atoms with E-state index < -0.39 is 11.8 Å². The van der Waals surface area contributed by atoms with Crippen molar-refractivity contribution in [3.8, 4) is 34.1 Å². The van der Waals surface area contributed by atoms with Crippen LogP contribution in [0.2, 0.25) is 0 Å². The van der Waals surface area contributed by atoms with Crippen molar-refractivity contribution >= 4 is 11.9 Å². The molecule has 0 aromatic heterocycles. The van der Waals surface area contributed by atoms with Gasteiger partial charge in [0.05, 0.1) is 26.1 Å². The van der Waals surface area contributed by atoms with Gasteiger partial charge in [0.1, 0.15) is 23.0 Å². The Bertz CT molecular complexity index is 844. The van der Waals surface area contributed by atoms with Crippen LogP contribution in [-0.2, 0) is 9.59 Å². The molecule has 2 aromatic carbocycles. The van der Waals surface area contributed by atoms with E-state index in [2.05, 4.69) is 0 Å². The summed E-state index contributed by atoms with van der Waals surface area (Å²) >= 11 is 0. The number of esters is 2. The highest BCUT2D eigenvalue weighted by Crippen LogP contribution is 2.43. The molecule has 2 aliphatic rings. The lowest BCUT2D eigenvalue weighted by Gasteiger charge is -2.29. The first kappa shape index (κ1) is 18.3. The standard InChI is InChI=1S/C22H22O6/c1-25-13-7-9-19-17(11-13)18-12-14(26-2)8-10-20(18)28-22(24)16-6-4-3-5-15(16)21(23)27-19/h7-12,15-16H,3-6H2,1-2H3/t15-,16-/m0/s1. The van der Waals surface area contributed by atoms with E-state index in [9.17, 15) is 9.59 Å². The van der Waals surface area contributed by atoms with Gasteiger partial charge in [-0.2, -0.15) is 0 Å². The largest absolute Gasteiger partial charge is 0.497 e. The molecule has 0 saturated heterocycles. The van der Waals surface area contributed by atoms with Crippen LogP contribution in [-0.4, -0.2) is 26.2 Å². The Labute approximate surface area is 163 Å². The zero-order valence-corrected chi connectivity index (χ0v) is 15.9. The maximum absolute atomic E-state index is 12.9. The molecular formula is C22H22O6. The SMILES string of the molecule is COc1ccc2c(c1)-c1cc(OC)ccc1OC(=O)[C@H]1CCCC[C@@H]1C(=O)O2. The van der Waals surface area contributed by atoms with E-state index in [0.29, 0.717) is 47.0 Å². The van der Waals surface area contributed by atoms with Crippen LogP contribution in [0, 0.1) is 11.8 Å². The molecule has 1 heterocycles. The highest BCUT2D eigenvalue weighted by atomic mass is 16.5. The molecule has 0 spiro atoms. The van der Waals surface area contributed by atoms with E-state index in [1.807, 2.05) is 0 Å². The van der Waals surface area contributed by atoms with Crippen molar-refractivity contribution in [1.82, 2.24) is 0 Å². The fourth-order valence-corrected chi connectivity index (χ4v) is 3.93. The predicted octanol–water partition coefficient (Wildman–Crippen LogP) is 4.00. The highest BCUT2D eigenvalue weighted by Gasteiger charge is 2.39. The number of hydrogen-bond donors (Lipinski definition) is 0. The van der Waals surface area contributed by atoms with E-state index in [1.54, 1.807) is 50.6 Å². The minimum absolute atomic E-state index is 0.389. The van der Waals surface area contributed by atoms with Crippen molar-refractivity contribution in [1.29, 1.82) is 0 Å². The van der Waals surface area contributed by atoms with Gasteiger partial charge >= 0.3 is 11.9 Å². The lowest BCUT2D eigenvalue weighted by molar-refractivity contribution is -0.152. The van der Waals surface area contributed by atoms with Crippen LogP contribution in [0.4, 0.5) is 0 Å². The normalized spacial score (nSPS) is 21.4. The fourth-order valence-electron chi connectivity index (χ4n) is 3.93. The van der Waals surface area contributed by atoms with Crippen LogP contribution < -0.4 is 18.9 Å². The van der Waals surface area contributed by atoms with Crippen molar-refractivity contribution in [2.75, 3.05) is 14.2 Å². The van der Waals surface area contributed by atoms with E-state index in [4.69, 9.17) is 18.9 Å². The number of benzene rings is 2. The van der Waals surface area contributed by atoms with Crippen LogP contribution in [0.25, 0.3) is 11.1 Å². The Morgan fingerprint density at radius 1 is 0.750 bits per heavy atom. The second-order valence-electron chi connectivity index (χ2n) is 7.06. The number of rotatable bonds is 2. The van der Waals surface area contributed by atoms with Crippen molar-refractivity contribution < 1.29 is 28.5 Å². The molecule has 28 heavy (non-hydrogen) atoms. The van der Waals surface area contributed by atoms with Crippen molar-refractivity contribution in [3.63, 3.8) is 0 Å². The smallest absolute Gasteiger partial charge is 0.315 e. The summed E-state index contributed by atoms with van der Waals surface area (Å²) in [7, 11) is 3.13. The number of ether oxygens (including phenoxy) is 4. The summed E-state index contributed by atoms with van der Waals surface area (Å²) in [5.41, 5.74) is 1.20. The quantitative estimate of drug-likeness (QED) is 0.577. The van der Waals surface area contributed by atoms with Crippen LogP contribution in [0.5, 0.6) is 23.0 Å². The van der Waals surface area contributed by atoms with Gasteiger partial charge in [-0.05, 0) is 49.2 Å². The number of hydrogen-bond acceptors (Lipinski definition) is 6.